The van der Waals surface area contributed by atoms with E-state index in [9.17, 15) is 4.79 Å². The Morgan fingerprint density at radius 3 is 2.50 bits per heavy atom. The molecular formula is C12H14ClNO2. The normalized spacial score (nSPS) is 19.4. The van der Waals surface area contributed by atoms with Gasteiger partial charge in [-0.25, -0.2) is 4.79 Å². The number of nitrogens with zero attached hydrogens (tertiary/aromatic N) is 1. The highest BCUT2D eigenvalue weighted by molar-refractivity contribution is 6.30. The van der Waals surface area contributed by atoms with Crippen LogP contribution in [0.15, 0.2) is 24.3 Å². The second-order valence-electron chi connectivity index (χ2n) is 4.51. The molecule has 1 saturated heterocycles. The van der Waals surface area contributed by atoms with Crippen LogP contribution >= 0.6 is 11.6 Å². The van der Waals surface area contributed by atoms with Crippen LogP contribution < -0.4 is 4.90 Å². The van der Waals surface area contributed by atoms with E-state index in [0.29, 0.717) is 11.6 Å². The lowest BCUT2D eigenvalue weighted by molar-refractivity contribution is 0.0236. The van der Waals surface area contributed by atoms with E-state index >= 15 is 0 Å². The third-order valence-corrected chi connectivity index (χ3v) is 2.91. The third-order valence-electron chi connectivity index (χ3n) is 2.66. The predicted octanol–water partition coefficient (Wildman–Crippen LogP) is 3.47. The molecule has 0 aliphatic carbocycles. The lowest BCUT2D eigenvalue weighted by Gasteiger charge is -2.36. The van der Waals surface area contributed by atoms with E-state index in [1.807, 2.05) is 26.0 Å². The van der Waals surface area contributed by atoms with Crippen LogP contribution in [-0.4, -0.2) is 18.2 Å². The van der Waals surface area contributed by atoms with Crippen molar-refractivity contribution < 1.29 is 9.53 Å². The van der Waals surface area contributed by atoms with Gasteiger partial charge in [0.05, 0.1) is 0 Å². The van der Waals surface area contributed by atoms with Gasteiger partial charge in [0.1, 0.15) is 5.60 Å². The third kappa shape index (κ3) is 2.30. The van der Waals surface area contributed by atoms with Crippen molar-refractivity contribution in [2.45, 2.75) is 25.9 Å². The van der Waals surface area contributed by atoms with Crippen molar-refractivity contribution in [1.29, 1.82) is 0 Å². The molecule has 1 aliphatic heterocycles. The summed E-state index contributed by atoms with van der Waals surface area (Å²) in [7, 11) is 0. The van der Waals surface area contributed by atoms with Crippen molar-refractivity contribution in [3.63, 3.8) is 0 Å². The molecule has 0 aromatic heterocycles. The maximum atomic E-state index is 11.8. The van der Waals surface area contributed by atoms with Crippen LogP contribution in [0.5, 0.6) is 0 Å². The molecule has 16 heavy (non-hydrogen) atoms. The van der Waals surface area contributed by atoms with E-state index in [0.717, 1.165) is 12.1 Å². The van der Waals surface area contributed by atoms with E-state index in [2.05, 4.69) is 0 Å². The minimum absolute atomic E-state index is 0.293. The van der Waals surface area contributed by atoms with Crippen LogP contribution in [0.3, 0.4) is 0 Å². The number of hydrogen-bond acceptors (Lipinski definition) is 2. The van der Waals surface area contributed by atoms with Crippen molar-refractivity contribution in [3.8, 4) is 0 Å². The molecule has 4 heteroatoms. The molecule has 0 radical (unpaired) electrons. The average molecular weight is 240 g/mol. The van der Waals surface area contributed by atoms with Gasteiger partial charge in [-0.3, -0.25) is 4.90 Å². The van der Waals surface area contributed by atoms with Crippen molar-refractivity contribution >= 4 is 23.4 Å². The van der Waals surface area contributed by atoms with Crippen LogP contribution in [0, 0.1) is 0 Å². The van der Waals surface area contributed by atoms with E-state index in [4.69, 9.17) is 16.3 Å². The van der Waals surface area contributed by atoms with Crippen LogP contribution in [0.25, 0.3) is 0 Å². The van der Waals surface area contributed by atoms with Gasteiger partial charge in [-0.1, -0.05) is 11.6 Å². The molecule has 0 spiro atoms. The molecule has 0 N–H and O–H groups in total. The molecule has 2 rings (SSSR count). The molecule has 3 nitrogen and oxygen atoms in total. The number of carbonyl (C=O) groups excluding carboxylic acids is 1. The Kier molecular flexibility index (Phi) is 2.80. The maximum absolute atomic E-state index is 11.8. The fourth-order valence-corrected chi connectivity index (χ4v) is 1.80. The van der Waals surface area contributed by atoms with Crippen LogP contribution in [0.4, 0.5) is 10.5 Å². The van der Waals surface area contributed by atoms with E-state index in [1.54, 1.807) is 17.0 Å². The topological polar surface area (TPSA) is 29.5 Å². The Balaban J connectivity index is 2.17. The Labute approximate surface area is 100.0 Å². The summed E-state index contributed by atoms with van der Waals surface area (Å²) in [4.78, 5) is 13.4. The molecule has 86 valence electrons. The van der Waals surface area contributed by atoms with Crippen LogP contribution in [-0.2, 0) is 4.74 Å². The molecular weight excluding hydrogens is 226 g/mol. The summed E-state index contributed by atoms with van der Waals surface area (Å²) in [6.07, 6.45) is 0.528. The number of anilines is 1. The van der Waals surface area contributed by atoms with Gasteiger partial charge in [0.15, 0.2) is 0 Å². The number of hydrogen-bond donors (Lipinski definition) is 0. The summed E-state index contributed by atoms with van der Waals surface area (Å²) in [5, 5.41) is 0.662. The molecule has 1 aromatic rings. The number of cyclic esters (lactones) is 1. The lowest BCUT2D eigenvalue weighted by atomic mass is 10.0. The minimum atomic E-state index is -0.361. The van der Waals surface area contributed by atoms with Crippen molar-refractivity contribution in [2.75, 3.05) is 11.4 Å². The lowest BCUT2D eigenvalue weighted by Crippen LogP contribution is -2.46. The molecule has 0 bridgehead atoms. The summed E-state index contributed by atoms with van der Waals surface area (Å²) >= 11 is 5.80. The van der Waals surface area contributed by atoms with Crippen molar-refractivity contribution in [1.82, 2.24) is 0 Å². The van der Waals surface area contributed by atoms with Gasteiger partial charge in [0.2, 0.25) is 0 Å². The first-order valence-electron chi connectivity index (χ1n) is 5.24. The number of benzene rings is 1. The van der Waals surface area contributed by atoms with Gasteiger partial charge in [-0.2, -0.15) is 0 Å². The minimum Gasteiger partial charge on any atom is -0.443 e. The summed E-state index contributed by atoms with van der Waals surface area (Å²) in [5.74, 6) is 0. The molecule has 0 saturated carbocycles. The number of halogens is 1. The zero-order valence-corrected chi connectivity index (χ0v) is 10.1. The van der Waals surface area contributed by atoms with E-state index in [1.165, 1.54) is 0 Å². The quantitative estimate of drug-likeness (QED) is 0.751. The van der Waals surface area contributed by atoms with Gasteiger partial charge in [-0.15, -0.1) is 0 Å². The van der Waals surface area contributed by atoms with Gasteiger partial charge in [0, 0.05) is 23.7 Å². The summed E-state index contributed by atoms with van der Waals surface area (Å²) in [6, 6.07) is 7.18. The maximum Gasteiger partial charge on any atom is 0.414 e. The summed E-state index contributed by atoms with van der Waals surface area (Å²) in [5.41, 5.74) is 0.463. The highest BCUT2D eigenvalue weighted by atomic mass is 35.5. The van der Waals surface area contributed by atoms with Gasteiger partial charge in [0.25, 0.3) is 0 Å². The SMILES string of the molecule is CC1(C)CCN(c2ccc(Cl)cc2)C(=O)O1. The predicted molar refractivity (Wildman–Crippen MR) is 64.0 cm³/mol. The monoisotopic (exact) mass is 239 g/mol. The van der Waals surface area contributed by atoms with Gasteiger partial charge >= 0.3 is 6.09 Å². The van der Waals surface area contributed by atoms with E-state index in [-0.39, 0.29) is 11.7 Å². The second-order valence-corrected chi connectivity index (χ2v) is 4.94. The fourth-order valence-electron chi connectivity index (χ4n) is 1.67. The number of ether oxygens (including phenoxy) is 1. The second kappa shape index (κ2) is 3.98. The Morgan fingerprint density at radius 1 is 1.31 bits per heavy atom. The number of rotatable bonds is 1. The number of carbonyl (C=O) groups is 1. The standard InChI is InChI=1S/C12H14ClNO2/c1-12(2)7-8-14(11(15)16-12)10-5-3-9(13)4-6-10/h3-6H,7-8H2,1-2H3. The number of amides is 1. The molecule has 1 aromatic carbocycles. The first kappa shape index (κ1) is 11.3. The molecule has 1 heterocycles. The van der Waals surface area contributed by atoms with Crippen molar-refractivity contribution in [2.24, 2.45) is 0 Å². The smallest absolute Gasteiger partial charge is 0.414 e. The van der Waals surface area contributed by atoms with E-state index < -0.39 is 0 Å². The highest BCUT2D eigenvalue weighted by Gasteiger charge is 2.33. The zero-order chi connectivity index (χ0) is 11.8. The molecule has 1 amide bonds. The first-order chi connectivity index (χ1) is 7.48. The molecule has 0 atom stereocenters. The average Bonchev–Trinajstić information content (AvgIpc) is 2.19. The fraction of sp³-hybridized carbons (Fsp3) is 0.417. The Morgan fingerprint density at radius 2 is 1.94 bits per heavy atom. The van der Waals surface area contributed by atoms with Crippen LogP contribution in [0.1, 0.15) is 20.3 Å². The Hall–Kier alpha value is -1.22. The zero-order valence-electron chi connectivity index (χ0n) is 9.37. The first-order valence-corrected chi connectivity index (χ1v) is 5.62. The molecule has 1 fully saturated rings. The van der Waals surface area contributed by atoms with Gasteiger partial charge < -0.3 is 4.74 Å². The summed E-state index contributed by atoms with van der Waals surface area (Å²) < 4.78 is 5.32. The van der Waals surface area contributed by atoms with Crippen LogP contribution in [0.2, 0.25) is 5.02 Å². The Bertz CT molecular complexity index is 400. The molecule has 0 unspecified atom stereocenters. The summed E-state index contributed by atoms with van der Waals surface area (Å²) in [6.45, 7) is 4.52. The van der Waals surface area contributed by atoms with Gasteiger partial charge in [-0.05, 0) is 38.1 Å². The van der Waals surface area contributed by atoms with Crippen molar-refractivity contribution in [3.05, 3.63) is 29.3 Å². The molecule has 1 aliphatic rings. The highest BCUT2D eigenvalue weighted by Crippen LogP contribution is 2.27. The largest absolute Gasteiger partial charge is 0.443 e.